The van der Waals surface area contributed by atoms with Crippen LogP contribution in [0.3, 0.4) is 0 Å². The van der Waals surface area contributed by atoms with Crippen LogP contribution >= 0.6 is 0 Å². The number of allylic oxidation sites excluding steroid dienone is 1. The van der Waals surface area contributed by atoms with Gasteiger partial charge in [0.2, 0.25) is 5.91 Å². The highest BCUT2D eigenvalue weighted by atomic mass is 16.5. The zero-order valence-electron chi connectivity index (χ0n) is 11.0. The molecule has 1 rings (SSSR count). The van der Waals surface area contributed by atoms with Gasteiger partial charge in [-0.3, -0.25) is 4.79 Å². The molecule has 1 aromatic rings. The molecule has 0 fully saturated rings. The molecule has 0 unspecified atom stereocenters. The van der Waals surface area contributed by atoms with E-state index in [1.165, 1.54) is 6.08 Å². The van der Waals surface area contributed by atoms with Crippen molar-refractivity contribution in [1.82, 2.24) is 0 Å². The summed E-state index contributed by atoms with van der Waals surface area (Å²) in [7, 11) is 0. The van der Waals surface area contributed by atoms with Crippen LogP contribution in [-0.2, 0) is 4.79 Å². The molecule has 0 heterocycles. The Morgan fingerprint density at radius 3 is 2.50 bits per heavy atom. The molecular formula is C14H19NO3. The van der Waals surface area contributed by atoms with E-state index in [1.807, 2.05) is 13.8 Å². The molecule has 0 spiro atoms. The number of carbonyl (C=O) groups is 1. The Morgan fingerprint density at radius 1 is 1.22 bits per heavy atom. The lowest BCUT2D eigenvalue weighted by Crippen LogP contribution is -2.08. The summed E-state index contributed by atoms with van der Waals surface area (Å²) in [4.78, 5) is 11.4. The maximum Gasteiger partial charge on any atom is 0.248 e. The van der Waals surface area contributed by atoms with Crippen LogP contribution in [0.15, 0.2) is 30.4 Å². The van der Waals surface area contributed by atoms with Gasteiger partial charge in [-0.2, -0.15) is 0 Å². The average Bonchev–Trinajstić information content (AvgIpc) is 2.33. The quantitative estimate of drug-likeness (QED) is 0.788. The molecule has 18 heavy (non-hydrogen) atoms. The van der Waals surface area contributed by atoms with Crippen molar-refractivity contribution < 1.29 is 14.3 Å². The van der Waals surface area contributed by atoms with Crippen LogP contribution in [0.4, 0.5) is 5.69 Å². The molecule has 0 aliphatic carbocycles. The Labute approximate surface area is 108 Å². The number of rotatable bonds is 6. The van der Waals surface area contributed by atoms with Gasteiger partial charge in [-0.15, -0.1) is 0 Å². The minimum atomic E-state index is -0.163. The van der Waals surface area contributed by atoms with Gasteiger partial charge >= 0.3 is 0 Å². The normalized spacial score (nSPS) is 10.4. The van der Waals surface area contributed by atoms with Gasteiger partial charge in [0.1, 0.15) is 0 Å². The molecule has 1 aromatic carbocycles. The zero-order chi connectivity index (χ0) is 13.4. The van der Waals surface area contributed by atoms with Crippen molar-refractivity contribution in [2.75, 3.05) is 18.5 Å². The van der Waals surface area contributed by atoms with E-state index in [0.29, 0.717) is 30.4 Å². The van der Waals surface area contributed by atoms with Gasteiger partial charge in [-0.25, -0.2) is 0 Å². The van der Waals surface area contributed by atoms with Crippen LogP contribution in [0.1, 0.15) is 20.8 Å². The third-order valence-corrected chi connectivity index (χ3v) is 2.13. The summed E-state index contributed by atoms with van der Waals surface area (Å²) < 4.78 is 10.9. The van der Waals surface area contributed by atoms with Crippen LogP contribution in [0.5, 0.6) is 11.5 Å². The fourth-order valence-corrected chi connectivity index (χ4v) is 1.46. The van der Waals surface area contributed by atoms with Gasteiger partial charge < -0.3 is 14.8 Å². The first-order valence-corrected chi connectivity index (χ1v) is 6.04. The second kappa shape index (κ2) is 7.37. The number of ether oxygens (including phenoxy) is 2. The van der Waals surface area contributed by atoms with Crippen molar-refractivity contribution in [3.05, 3.63) is 30.4 Å². The fraction of sp³-hybridized carbons (Fsp3) is 0.357. The van der Waals surface area contributed by atoms with Crippen molar-refractivity contribution in [3.8, 4) is 11.5 Å². The summed E-state index contributed by atoms with van der Waals surface area (Å²) in [6, 6.07) is 5.34. The third-order valence-electron chi connectivity index (χ3n) is 2.13. The molecule has 0 atom stereocenters. The van der Waals surface area contributed by atoms with Gasteiger partial charge in [0.05, 0.1) is 13.2 Å². The minimum Gasteiger partial charge on any atom is -0.490 e. The molecular weight excluding hydrogens is 230 g/mol. The highest BCUT2D eigenvalue weighted by Crippen LogP contribution is 2.30. The van der Waals surface area contributed by atoms with Crippen molar-refractivity contribution in [3.63, 3.8) is 0 Å². The Kier molecular flexibility index (Phi) is 5.77. The van der Waals surface area contributed by atoms with Gasteiger partial charge in [0.15, 0.2) is 11.5 Å². The topological polar surface area (TPSA) is 47.6 Å². The summed E-state index contributed by atoms with van der Waals surface area (Å²) in [5.41, 5.74) is 0.685. The lowest BCUT2D eigenvalue weighted by atomic mass is 10.2. The largest absolute Gasteiger partial charge is 0.490 e. The summed E-state index contributed by atoms with van der Waals surface area (Å²) in [5.74, 6) is 1.16. The molecule has 0 aromatic heterocycles. The first kappa shape index (κ1) is 14.1. The maximum atomic E-state index is 11.4. The fourth-order valence-electron chi connectivity index (χ4n) is 1.46. The van der Waals surface area contributed by atoms with Gasteiger partial charge in [-0.05, 0) is 39.0 Å². The third kappa shape index (κ3) is 4.13. The predicted octanol–water partition coefficient (Wildman–Crippen LogP) is 3.00. The van der Waals surface area contributed by atoms with Crippen LogP contribution in [0, 0.1) is 0 Å². The van der Waals surface area contributed by atoms with Crippen LogP contribution in [-0.4, -0.2) is 19.1 Å². The van der Waals surface area contributed by atoms with E-state index in [0.717, 1.165) is 0 Å². The number of benzene rings is 1. The van der Waals surface area contributed by atoms with Crippen molar-refractivity contribution in [2.45, 2.75) is 20.8 Å². The maximum absolute atomic E-state index is 11.4. The van der Waals surface area contributed by atoms with Crippen molar-refractivity contribution in [1.29, 1.82) is 0 Å². The predicted molar refractivity (Wildman–Crippen MR) is 72.2 cm³/mol. The van der Waals surface area contributed by atoms with Crippen molar-refractivity contribution in [2.24, 2.45) is 0 Å². The number of carbonyl (C=O) groups excluding carboxylic acids is 1. The summed E-state index contributed by atoms with van der Waals surface area (Å²) in [6.07, 6.45) is 3.16. The van der Waals surface area contributed by atoms with E-state index in [1.54, 1.807) is 31.2 Å². The molecule has 0 aliphatic heterocycles. The van der Waals surface area contributed by atoms with Crippen LogP contribution < -0.4 is 14.8 Å². The van der Waals surface area contributed by atoms with Gasteiger partial charge in [-0.1, -0.05) is 6.08 Å². The van der Waals surface area contributed by atoms with E-state index < -0.39 is 0 Å². The van der Waals surface area contributed by atoms with Gasteiger partial charge in [0.25, 0.3) is 0 Å². The lowest BCUT2D eigenvalue weighted by molar-refractivity contribution is -0.111. The molecule has 0 saturated heterocycles. The van der Waals surface area contributed by atoms with Crippen LogP contribution in [0.25, 0.3) is 0 Å². The number of anilines is 1. The summed E-state index contributed by atoms with van der Waals surface area (Å²) in [6.45, 7) is 6.73. The number of nitrogens with one attached hydrogen (secondary N) is 1. The molecule has 0 saturated carbocycles. The second-order valence-corrected chi connectivity index (χ2v) is 3.52. The molecule has 0 bridgehead atoms. The van der Waals surface area contributed by atoms with Crippen LogP contribution in [0.2, 0.25) is 0 Å². The molecule has 1 amide bonds. The SMILES string of the molecule is CC=CC(=O)Nc1ccc(OCC)c(OCC)c1. The first-order valence-electron chi connectivity index (χ1n) is 6.04. The Morgan fingerprint density at radius 2 is 1.89 bits per heavy atom. The second-order valence-electron chi connectivity index (χ2n) is 3.52. The smallest absolute Gasteiger partial charge is 0.248 e. The molecule has 0 aliphatic rings. The highest BCUT2D eigenvalue weighted by Gasteiger charge is 2.07. The number of hydrogen-bond acceptors (Lipinski definition) is 3. The number of hydrogen-bond donors (Lipinski definition) is 1. The number of amides is 1. The summed E-state index contributed by atoms with van der Waals surface area (Å²) in [5, 5.41) is 2.75. The molecule has 4 nitrogen and oxygen atoms in total. The standard InChI is InChI=1S/C14H19NO3/c1-4-7-14(16)15-11-8-9-12(17-5-2)13(10-11)18-6-3/h4,7-10H,5-6H2,1-3H3,(H,15,16). The molecule has 4 heteroatoms. The lowest BCUT2D eigenvalue weighted by Gasteiger charge is -2.12. The van der Waals surface area contributed by atoms with E-state index in [4.69, 9.17) is 9.47 Å². The van der Waals surface area contributed by atoms with E-state index >= 15 is 0 Å². The Balaban J connectivity index is 2.88. The van der Waals surface area contributed by atoms with E-state index in [9.17, 15) is 4.79 Å². The highest BCUT2D eigenvalue weighted by molar-refractivity contribution is 5.99. The minimum absolute atomic E-state index is 0.163. The monoisotopic (exact) mass is 249 g/mol. The van der Waals surface area contributed by atoms with Gasteiger partial charge in [0, 0.05) is 11.8 Å². The van der Waals surface area contributed by atoms with Crippen molar-refractivity contribution >= 4 is 11.6 Å². The average molecular weight is 249 g/mol. The zero-order valence-corrected chi connectivity index (χ0v) is 11.0. The van der Waals surface area contributed by atoms with E-state index in [2.05, 4.69) is 5.32 Å². The first-order chi connectivity index (χ1) is 8.71. The molecule has 0 radical (unpaired) electrons. The summed E-state index contributed by atoms with van der Waals surface area (Å²) >= 11 is 0. The van der Waals surface area contributed by atoms with E-state index in [-0.39, 0.29) is 5.91 Å². The Bertz CT molecular complexity index is 427. The molecule has 1 N–H and O–H groups in total. The Hall–Kier alpha value is -1.97. The molecule has 98 valence electrons.